The molecular weight excluding hydrogens is 132 g/mol. The summed E-state index contributed by atoms with van der Waals surface area (Å²) in [4.78, 5) is 4.43. The molecular formula is C6H8N2S. The van der Waals surface area contributed by atoms with E-state index in [1.807, 2.05) is 6.20 Å². The van der Waals surface area contributed by atoms with Crippen LogP contribution in [0.3, 0.4) is 0 Å². The van der Waals surface area contributed by atoms with Gasteiger partial charge in [0.2, 0.25) is 0 Å². The largest absolute Gasteiger partial charge is 0.366 e. The molecule has 0 aliphatic carbocycles. The molecule has 1 aromatic heterocycles. The van der Waals surface area contributed by atoms with Gasteiger partial charge >= 0.3 is 0 Å². The lowest BCUT2D eigenvalue weighted by molar-refractivity contribution is 0.872. The van der Waals surface area contributed by atoms with Crippen molar-refractivity contribution in [3.05, 3.63) is 18.0 Å². The summed E-state index contributed by atoms with van der Waals surface area (Å²) in [5.41, 5.74) is 1.44. The van der Waals surface area contributed by atoms with Gasteiger partial charge in [-0.15, -0.1) is 0 Å². The van der Waals surface area contributed by atoms with Crippen molar-refractivity contribution in [3.63, 3.8) is 0 Å². The second kappa shape index (κ2) is 2.08. The van der Waals surface area contributed by atoms with Crippen LogP contribution in [0, 0.1) is 0 Å². The Balaban J connectivity index is 2.39. The Morgan fingerprint density at radius 1 is 1.44 bits per heavy atom. The predicted molar refractivity (Wildman–Crippen MR) is 38.4 cm³/mol. The molecule has 2 N–H and O–H groups in total. The van der Waals surface area contributed by atoms with Crippen molar-refractivity contribution in [3.8, 4) is 0 Å². The highest BCUT2D eigenvalue weighted by molar-refractivity contribution is 7.97. The van der Waals surface area contributed by atoms with Crippen LogP contribution in [0.2, 0.25) is 0 Å². The molecule has 0 atom stereocenters. The second-order valence-corrected chi connectivity index (χ2v) is 3.02. The van der Waals surface area contributed by atoms with Crippen LogP contribution >= 0.6 is 11.9 Å². The minimum Gasteiger partial charge on any atom is -0.366 e. The average Bonchev–Trinajstić information content (AvgIpc) is 2.33. The molecule has 1 aliphatic rings. The monoisotopic (exact) mass is 140 g/mol. The lowest BCUT2D eigenvalue weighted by atomic mass is 10.2. The van der Waals surface area contributed by atoms with Crippen LogP contribution in [0.15, 0.2) is 17.3 Å². The highest BCUT2D eigenvalue weighted by Crippen LogP contribution is 2.23. The van der Waals surface area contributed by atoms with Crippen molar-refractivity contribution in [2.24, 2.45) is 0 Å². The fraction of sp³-hybridized carbons (Fsp3) is 0.333. The van der Waals surface area contributed by atoms with E-state index in [9.17, 15) is 0 Å². The van der Waals surface area contributed by atoms with E-state index in [2.05, 4.69) is 15.9 Å². The van der Waals surface area contributed by atoms with Crippen molar-refractivity contribution in [2.75, 3.05) is 6.54 Å². The predicted octanol–water partition coefficient (Wildman–Crippen LogP) is 1.17. The van der Waals surface area contributed by atoms with Gasteiger partial charge in [-0.3, -0.25) is 4.72 Å². The molecule has 0 radical (unpaired) electrons. The molecule has 0 fully saturated rings. The van der Waals surface area contributed by atoms with Crippen molar-refractivity contribution in [1.82, 2.24) is 9.71 Å². The summed E-state index contributed by atoms with van der Waals surface area (Å²) >= 11 is 1.71. The zero-order valence-electron chi connectivity index (χ0n) is 4.98. The Kier molecular flexibility index (Phi) is 1.24. The Labute approximate surface area is 58.2 Å². The van der Waals surface area contributed by atoms with Crippen LogP contribution in [0.1, 0.15) is 5.56 Å². The summed E-state index contributed by atoms with van der Waals surface area (Å²) in [6.07, 6.45) is 5.27. The maximum atomic E-state index is 3.22. The first-order valence-corrected chi connectivity index (χ1v) is 3.84. The number of aromatic amines is 1. The molecule has 0 spiro atoms. The van der Waals surface area contributed by atoms with Gasteiger partial charge in [0, 0.05) is 23.8 Å². The summed E-state index contributed by atoms with van der Waals surface area (Å²) in [5, 5.41) is 0. The minimum atomic E-state index is 1.09. The number of H-pyrrole nitrogens is 1. The van der Waals surface area contributed by atoms with E-state index >= 15 is 0 Å². The molecule has 1 aromatic rings. The number of fused-ring (bicyclic) bond motifs is 1. The first-order valence-electron chi connectivity index (χ1n) is 3.02. The van der Waals surface area contributed by atoms with Crippen molar-refractivity contribution >= 4 is 11.9 Å². The van der Waals surface area contributed by atoms with Crippen LogP contribution in [0.5, 0.6) is 0 Å². The molecule has 48 valence electrons. The number of nitrogens with one attached hydrogen (secondary N) is 2. The molecule has 3 heteroatoms. The van der Waals surface area contributed by atoms with Crippen LogP contribution in [0.25, 0.3) is 0 Å². The van der Waals surface area contributed by atoms with Crippen LogP contribution in [-0.4, -0.2) is 11.5 Å². The number of rotatable bonds is 0. The van der Waals surface area contributed by atoms with Gasteiger partial charge in [0.25, 0.3) is 0 Å². The maximum absolute atomic E-state index is 3.22. The Hall–Kier alpha value is -0.410. The number of hydrogen-bond acceptors (Lipinski definition) is 2. The highest BCUT2D eigenvalue weighted by Gasteiger charge is 2.07. The summed E-state index contributed by atoms with van der Waals surface area (Å²) in [7, 11) is 0. The van der Waals surface area contributed by atoms with Gasteiger partial charge in [-0.05, 0) is 23.9 Å². The molecule has 0 amide bonds. The van der Waals surface area contributed by atoms with Gasteiger partial charge in [0.05, 0.1) is 0 Å². The number of aromatic nitrogens is 1. The molecule has 1 aliphatic heterocycles. The summed E-state index contributed by atoms with van der Waals surface area (Å²) in [6.45, 7) is 1.09. The normalized spacial score (nSPS) is 17.3. The Morgan fingerprint density at radius 3 is 3.33 bits per heavy atom. The first kappa shape index (κ1) is 5.38. The minimum absolute atomic E-state index is 1.09. The molecule has 2 nitrogen and oxygen atoms in total. The van der Waals surface area contributed by atoms with Crippen molar-refractivity contribution < 1.29 is 0 Å². The molecule has 0 unspecified atom stereocenters. The fourth-order valence-corrected chi connectivity index (χ4v) is 1.77. The molecule has 2 heterocycles. The van der Waals surface area contributed by atoms with Gasteiger partial charge < -0.3 is 4.98 Å². The zero-order valence-corrected chi connectivity index (χ0v) is 5.79. The quantitative estimate of drug-likeness (QED) is 0.529. The standard InChI is InChI=1S/C6H8N2S/c1-2-8-9-6-4-7-3-5(1)6/h3-4,7-8H,1-2H2. The topological polar surface area (TPSA) is 27.8 Å². The molecule has 0 saturated carbocycles. The van der Waals surface area contributed by atoms with E-state index in [-0.39, 0.29) is 0 Å². The summed E-state index contributed by atoms with van der Waals surface area (Å²) in [6, 6.07) is 0. The van der Waals surface area contributed by atoms with Crippen LogP contribution in [-0.2, 0) is 6.42 Å². The van der Waals surface area contributed by atoms with Crippen molar-refractivity contribution in [1.29, 1.82) is 0 Å². The van der Waals surface area contributed by atoms with Gasteiger partial charge in [0.15, 0.2) is 0 Å². The number of hydrogen-bond donors (Lipinski definition) is 2. The second-order valence-electron chi connectivity index (χ2n) is 2.09. The third-order valence-electron chi connectivity index (χ3n) is 1.47. The van der Waals surface area contributed by atoms with E-state index in [1.165, 1.54) is 10.5 Å². The van der Waals surface area contributed by atoms with E-state index in [4.69, 9.17) is 0 Å². The van der Waals surface area contributed by atoms with Gasteiger partial charge in [-0.2, -0.15) is 0 Å². The van der Waals surface area contributed by atoms with Crippen LogP contribution in [0.4, 0.5) is 0 Å². The molecule has 2 rings (SSSR count). The molecule has 9 heavy (non-hydrogen) atoms. The third kappa shape index (κ3) is 0.862. The summed E-state index contributed by atoms with van der Waals surface area (Å²) in [5.74, 6) is 0. The van der Waals surface area contributed by atoms with E-state index < -0.39 is 0 Å². The average molecular weight is 140 g/mol. The van der Waals surface area contributed by atoms with Gasteiger partial charge in [-0.1, -0.05) is 0 Å². The molecule has 0 saturated heterocycles. The SMILES string of the molecule is c1[nH]cc2c1CCNS2. The smallest absolute Gasteiger partial charge is 0.0435 e. The molecule has 0 aromatic carbocycles. The lowest BCUT2D eigenvalue weighted by Crippen LogP contribution is -2.12. The highest BCUT2D eigenvalue weighted by atomic mass is 32.2. The van der Waals surface area contributed by atoms with Crippen LogP contribution < -0.4 is 4.72 Å². The van der Waals surface area contributed by atoms with Gasteiger partial charge in [-0.25, -0.2) is 0 Å². The van der Waals surface area contributed by atoms with E-state index in [0.29, 0.717) is 0 Å². The third-order valence-corrected chi connectivity index (χ3v) is 2.42. The lowest BCUT2D eigenvalue weighted by Gasteiger charge is -2.09. The fourth-order valence-electron chi connectivity index (χ4n) is 0.987. The van der Waals surface area contributed by atoms with E-state index in [0.717, 1.165) is 13.0 Å². The van der Waals surface area contributed by atoms with Gasteiger partial charge in [0.1, 0.15) is 0 Å². The van der Waals surface area contributed by atoms with E-state index in [1.54, 1.807) is 11.9 Å². The molecule has 0 bridgehead atoms. The zero-order chi connectivity index (χ0) is 6.10. The van der Waals surface area contributed by atoms with Crippen molar-refractivity contribution in [2.45, 2.75) is 11.3 Å². The first-order chi connectivity index (χ1) is 4.47. The Bertz CT molecular complexity index is 186. The Morgan fingerprint density at radius 2 is 2.44 bits per heavy atom. The maximum Gasteiger partial charge on any atom is 0.0435 e. The summed E-state index contributed by atoms with van der Waals surface area (Å²) < 4.78 is 3.22.